The fraction of sp³-hybridized carbons (Fsp3) is 0. The summed E-state index contributed by atoms with van der Waals surface area (Å²) in [4.78, 5) is 7.62. The number of hydrogen-bond donors (Lipinski definition) is 0. The van der Waals surface area contributed by atoms with Crippen molar-refractivity contribution in [2.75, 3.05) is 14.7 Å². The standard InChI is InChI=1S/C80H47B2N3O2Se/c1-4-22-48(23-5-1)73-53-28-10-12-30-55(53)74(56-31-13-11-29-54(56)73)49-40-42-52(43-41-49)85-64-37-19-17-35-60(64)82-62-44-61-65(46-71(62)88-72-47-70-76(80(85)78(72)82)58-33-15-21-39-68(58)87-70)83(50-24-6-2-7-25-50)66-45-69-75(57-32-14-20-38-67(57)86-69)79-77(66)81(61)59-34-16-18-36-63(59)84(79)51-26-8-3-9-27-51/h1-47H. The molecule has 0 spiro atoms. The largest absolute Gasteiger partial charge is 0.0617 e. The Morgan fingerprint density at radius 1 is 0.273 bits per heavy atom. The zero-order valence-corrected chi connectivity index (χ0v) is 49.1. The first-order chi connectivity index (χ1) is 43.7. The van der Waals surface area contributed by atoms with E-state index in [9.17, 15) is 0 Å². The Kier molecular flexibility index (Phi) is 10.1. The molecule has 0 amide bonds. The molecule has 0 N–H and O–H groups in total. The van der Waals surface area contributed by atoms with Crippen LogP contribution in [0.1, 0.15) is 0 Å². The first-order valence-corrected chi connectivity index (χ1v) is 32.0. The summed E-state index contributed by atoms with van der Waals surface area (Å²) in [6.45, 7) is -0.177. The summed E-state index contributed by atoms with van der Waals surface area (Å²) in [6, 6.07) is 106. The molecule has 2 aromatic heterocycles. The maximum Gasteiger partial charge on any atom is -0.0543 e. The van der Waals surface area contributed by atoms with Crippen LogP contribution in [0.3, 0.4) is 0 Å². The van der Waals surface area contributed by atoms with Gasteiger partial charge in [0.05, 0.1) is 0 Å². The van der Waals surface area contributed by atoms with Crippen molar-refractivity contribution >= 4 is 187 Å². The minimum absolute atomic E-state index is 0.0717. The van der Waals surface area contributed by atoms with E-state index in [0.29, 0.717) is 0 Å². The monoisotopic (exact) mass is 1180 g/mol. The van der Waals surface area contributed by atoms with Gasteiger partial charge in [0.2, 0.25) is 0 Å². The van der Waals surface area contributed by atoms with Crippen LogP contribution in [0.4, 0.5) is 51.2 Å². The van der Waals surface area contributed by atoms with Gasteiger partial charge in [0.25, 0.3) is 0 Å². The Morgan fingerprint density at radius 3 is 1.27 bits per heavy atom. The van der Waals surface area contributed by atoms with E-state index < -0.39 is 0 Å². The summed E-state index contributed by atoms with van der Waals surface area (Å²) in [5.74, 6) is 0. The second-order valence-corrected chi connectivity index (χ2v) is 26.0. The van der Waals surface area contributed by atoms with Crippen molar-refractivity contribution in [3.8, 4) is 22.3 Å². The number of anilines is 9. The summed E-state index contributed by atoms with van der Waals surface area (Å²) in [6.07, 6.45) is 0. The first-order valence-electron chi connectivity index (χ1n) is 30.3. The summed E-state index contributed by atoms with van der Waals surface area (Å²) in [7, 11) is 0. The van der Waals surface area contributed by atoms with Crippen molar-refractivity contribution in [3.05, 3.63) is 285 Å². The Balaban J connectivity index is 0.830. The molecule has 88 heavy (non-hydrogen) atoms. The third-order valence-electron chi connectivity index (χ3n) is 19.2. The van der Waals surface area contributed by atoms with E-state index in [1.807, 2.05) is 0 Å². The minimum Gasteiger partial charge on any atom is -0.0617 e. The number of benzene rings is 14. The van der Waals surface area contributed by atoms with Crippen LogP contribution in [0.2, 0.25) is 0 Å². The fourth-order valence-electron chi connectivity index (χ4n) is 15.8. The van der Waals surface area contributed by atoms with Gasteiger partial charge in [-0.05, 0) is 5.56 Å². The van der Waals surface area contributed by atoms with Crippen molar-refractivity contribution in [2.45, 2.75) is 0 Å². The molecule has 0 atom stereocenters. The van der Waals surface area contributed by atoms with Crippen molar-refractivity contribution in [3.63, 3.8) is 0 Å². The molecule has 16 aromatic rings. The molecule has 5 nitrogen and oxygen atoms in total. The van der Waals surface area contributed by atoms with Gasteiger partial charge in [-0.2, -0.15) is 0 Å². The predicted molar refractivity (Wildman–Crippen MR) is 372 cm³/mol. The molecular weight excluding hydrogens is 1140 g/mol. The number of hydrogen-bond acceptors (Lipinski definition) is 5. The number of rotatable bonds is 5. The fourth-order valence-corrected chi connectivity index (χ4v) is 18.3. The molecule has 14 aromatic carbocycles. The normalized spacial score (nSPS) is 13.5. The Morgan fingerprint density at radius 2 is 0.705 bits per heavy atom. The van der Waals surface area contributed by atoms with Crippen molar-refractivity contribution in [1.29, 1.82) is 0 Å². The minimum atomic E-state index is -0.126. The van der Waals surface area contributed by atoms with Gasteiger partial charge in [0, 0.05) is 0 Å². The van der Waals surface area contributed by atoms with Gasteiger partial charge in [-0.15, -0.1) is 0 Å². The van der Waals surface area contributed by atoms with E-state index in [1.54, 1.807) is 0 Å². The van der Waals surface area contributed by atoms with Crippen molar-refractivity contribution < 1.29 is 8.83 Å². The summed E-state index contributed by atoms with van der Waals surface area (Å²) in [5.41, 5.74) is 26.7. The van der Waals surface area contributed by atoms with E-state index in [4.69, 9.17) is 8.83 Å². The van der Waals surface area contributed by atoms with Crippen LogP contribution in [0.15, 0.2) is 294 Å². The van der Waals surface area contributed by atoms with Crippen LogP contribution in [0, 0.1) is 0 Å². The van der Waals surface area contributed by atoms with Gasteiger partial charge < -0.3 is 0 Å². The van der Waals surface area contributed by atoms with Gasteiger partial charge >= 0.3 is 470 Å². The van der Waals surface area contributed by atoms with Gasteiger partial charge in [-0.25, -0.2) is 0 Å². The molecule has 0 fully saturated rings. The summed E-state index contributed by atoms with van der Waals surface area (Å²) < 4.78 is 16.7. The van der Waals surface area contributed by atoms with Gasteiger partial charge in [-0.3, -0.25) is 0 Å². The third-order valence-corrected chi connectivity index (χ3v) is 21.6. The molecule has 0 radical (unpaired) electrons. The summed E-state index contributed by atoms with van der Waals surface area (Å²) in [5, 5.41) is 9.49. The van der Waals surface area contributed by atoms with E-state index in [-0.39, 0.29) is 28.4 Å². The number of nitrogens with zero attached hydrogens (tertiary/aromatic N) is 3. The summed E-state index contributed by atoms with van der Waals surface area (Å²) >= 11 is -0.126. The van der Waals surface area contributed by atoms with Crippen LogP contribution in [-0.4, -0.2) is 28.4 Å². The smallest absolute Gasteiger partial charge is 0.0543 e. The molecule has 0 saturated carbocycles. The average Bonchev–Trinajstić information content (AvgIpc) is 1.09. The van der Waals surface area contributed by atoms with Crippen LogP contribution in [0.5, 0.6) is 0 Å². The maximum atomic E-state index is 7.02. The average molecular weight is 1180 g/mol. The van der Waals surface area contributed by atoms with E-state index in [0.717, 1.165) is 72.3 Å². The molecule has 0 bridgehead atoms. The van der Waals surface area contributed by atoms with Crippen molar-refractivity contribution in [2.24, 2.45) is 0 Å². The third kappa shape index (κ3) is 6.68. The van der Waals surface area contributed by atoms with Gasteiger partial charge in [0.1, 0.15) is 0 Å². The number of para-hydroxylation sites is 6. The van der Waals surface area contributed by atoms with Gasteiger partial charge in [-0.1, -0.05) is 42.5 Å². The van der Waals surface area contributed by atoms with E-state index in [1.165, 1.54) is 108 Å². The molecule has 4 aliphatic heterocycles. The molecule has 20 rings (SSSR count). The zero-order valence-electron chi connectivity index (χ0n) is 47.4. The maximum absolute atomic E-state index is 7.02. The molecule has 406 valence electrons. The number of furan rings is 2. The second kappa shape index (κ2) is 18.4. The topological polar surface area (TPSA) is 36.0 Å². The molecule has 4 aliphatic rings. The molecule has 8 heteroatoms. The number of fused-ring (bicyclic) bond motifs is 18. The second-order valence-electron chi connectivity index (χ2n) is 23.7. The van der Waals surface area contributed by atoms with E-state index >= 15 is 0 Å². The van der Waals surface area contributed by atoms with Crippen LogP contribution in [0.25, 0.3) is 87.7 Å². The molecular formula is C80H47B2N3O2Se. The van der Waals surface area contributed by atoms with Crippen LogP contribution in [-0.2, 0) is 0 Å². The molecule has 6 heterocycles. The quantitative estimate of drug-likeness (QED) is 0.127. The molecule has 0 saturated heterocycles. The van der Waals surface area contributed by atoms with Gasteiger partial charge in [0.15, 0.2) is 0 Å². The predicted octanol–water partition coefficient (Wildman–Crippen LogP) is 15.5. The van der Waals surface area contributed by atoms with E-state index in [2.05, 4.69) is 300 Å². The Bertz CT molecular complexity index is 5590. The Hall–Kier alpha value is -10.8. The Labute approximate surface area is 514 Å². The van der Waals surface area contributed by atoms with Crippen molar-refractivity contribution in [1.82, 2.24) is 0 Å². The van der Waals surface area contributed by atoms with Crippen LogP contribution >= 0.6 is 0 Å². The zero-order chi connectivity index (χ0) is 57.3. The SMILES string of the molecule is c1ccc(-c2c3ccccc3c(-c3ccc(N4c5ccccc5B5c6cc7c(cc6[Se]c6cc8oc9ccccc9c8c4c65)N(c4ccccc4)c4cc5oc6ccccc6c5c5c4B7c4ccccc4N5c4ccccc4)cc3)c3ccccc23)cc1. The first kappa shape index (κ1) is 48.5. The molecule has 0 unspecified atom stereocenters. The molecule has 0 aliphatic carbocycles. The van der Waals surface area contributed by atoms with Crippen LogP contribution < -0.4 is 56.4 Å².